The lowest BCUT2D eigenvalue weighted by Gasteiger charge is -2.40. The molecule has 0 saturated carbocycles. The van der Waals surface area contributed by atoms with Crippen LogP contribution in [0.1, 0.15) is 39.5 Å². The summed E-state index contributed by atoms with van der Waals surface area (Å²) in [5, 5.41) is 11.3. The molecule has 0 aliphatic carbocycles. The van der Waals surface area contributed by atoms with Gasteiger partial charge in [0.25, 0.3) is 0 Å². The first-order valence-corrected chi connectivity index (χ1v) is 6.74. The highest BCUT2D eigenvalue weighted by Crippen LogP contribution is 2.31. The molecule has 0 aromatic carbocycles. The molecule has 1 rings (SSSR count). The third-order valence-corrected chi connectivity index (χ3v) is 3.61. The first-order chi connectivity index (χ1) is 9.01. The van der Waals surface area contributed by atoms with Gasteiger partial charge in [-0.3, -0.25) is 4.79 Å². The number of amides is 1. The second-order valence-electron chi connectivity index (χ2n) is 4.88. The summed E-state index contributed by atoms with van der Waals surface area (Å²) in [5.41, 5.74) is -0.141. The van der Waals surface area contributed by atoms with Gasteiger partial charge >= 0.3 is 5.97 Å². The van der Waals surface area contributed by atoms with Crippen molar-refractivity contribution in [2.45, 2.75) is 51.2 Å². The lowest BCUT2D eigenvalue weighted by atomic mass is 9.86. The summed E-state index contributed by atoms with van der Waals surface area (Å²) in [6.45, 7) is 4.15. The van der Waals surface area contributed by atoms with Crippen molar-refractivity contribution in [3.63, 3.8) is 0 Å². The van der Waals surface area contributed by atoms with E-state index in [9.17, 15) is 9.59 Å². The number of carbonyl (C=O) groups is 2. The highest BCUT2D eigenvalue weighted by Gasteiger charge is 2.34. The predicted molar refractivity (Wildman–Crippen MR) is 68.9 cm³/mol. The van der Waals surface area contributed by atoms with E-state index in [1.54, 1.807) is 0 Å². The fourth-order valence-electron chi connectivity index (χ4n) is 2.39. The van der Waals surface area contributed by atoms with Gasteiger partial charge in [0, 0.05) is 12.6 Å². The van der Waals surface area contributed by atoms with E-state index >= 15 is 0 Å². The van der Waals surface area contributed by atoms with Gasteiger partial charge in [-0.05, 0) is 25.7 Å². The topological polar surface area (TPSA) is 84.9 Å². The van der Waals surface area contributed by atoms with Crippen molar-refractivity contribution in [1.29, 1.82) is 0 Å². The number of hydrogen-bond acceptors (Lipinski definition) is 4. The minimum atomic E-state index is -1.07. The number of ether oxygens (including phenoxy) is 2. The van der Waals surface area contributed by atoms with Gasteiger partial charge in [0.05, 0.1) is 5.60 Å². The number of carboxylic acids is 1. The molecule has 0 spiro atoms. The van der Waals surface area contributed by atoms with Crippen LogP contribution in [-0.2, 0) is 19.1 Å². The van der Waals surface area contributed by atoms with Crippen LogP contribution < -0.4 is 5.32 Å². The molecule has 6 heteroatoms. The molecule has 1 saturated heterocycles. The number of nitrogens with one attached hydrogen (secondary N) is 1. The Bertz CT molecular complexity index is 314. The number of rotatable bonds is 7. The second-order valence-corrected chi connectivity index (χ2v) is 4.88. The van der Waals surface area contributed by atoms with Gasteiger partial charge in [0.1, 0.15) is 13.2 Å². The minimum absolute atomic E-state index is 0.0783. The molecule has 0 aromatic heterocycles. The summed E-state index contributed by atoms with van der Waals surface area (Å²) in [6.07, 6.45) is 3.42. The summed E-state index contributed by atoms with van der Waals surface area (Å²) < 4.78 is 10.6. The zero-order chi connectivity index (χ0) is 14.3. The monoisotopic (exact) mass is 273 g/mol. The Labute approximate surface area is 113 Å². The van der Waals surface area contributed by atoms with Crippen LogP contribution in [0.15, 0.2) is 0 Å². The van der Waals surface area contributed by atoms with Gasteiger partial charge in [-0.1, -0.05) is 13.8 Å². The molecule has 6 nitrogen and oxygen atoms in total. The van der Waals surface area contributed by atoms with Crippen LogP contribution in [0.5, 0.6) is 0 Å². The van der Waals surface area contributed by atoms with Gasteiger partial charge in [-0.25, -0.2) is 4.79 Å². The lowest BCUT2D eigenvalue weighted by Crippen LogP contribution is -2.48. The molecular weight excluding hydrogens is 250 g/mol. The van der Waals surface area contributed by atoms with Crippen molar-refractivity contribution >= 4 is 11.9 Å². The van der Waals surface area contributed by atoms with E-state index in [-0.39, 0.29) is 24.2 Å². The van der Waals surface area contributed by atoms with Gasteiger partial charge < -0.3 is 19.9 Å². The van der Waals surface area contributed by atoms with Gasteiger partial charge in [0.2, 0.25) is 5.91 Å². The zero-order valence-corrected chi connectivity index (χ0v) is 11.6. The molecule has 19 heavy (non-hydrogen) atoms. The second kappa shape index (κ2) is 7.45. The summed E-state index contributed by atoms with van der Waals surface area (Å²) >= 11 is 0. The molecule has 1 aliphatic heterocycles. The SMILES string of the molecule is CCC1(CC)CC(NC(=O)COCC(=O)O)CCO1. The van der Waals surface area contributed by atoms with Crippen LogP contribution in [0.25, 0.3) is 0 Å². The Balaban J connectivity index is 2.35. The quantitative estimate of drug-likeness (QED) is 0.721. The first kappa shape index (κ1) is 15.9. The third-order valence-electron chi connectivity index (χ3n) is 3.61. The molecule has 1 heterocycles. The van der Waals surface area contributed by atoms with E-state index in [1.807, 2.05) is 0 Å². The molecule has 1 amide bonds. The van der Waals surface area contributed by atoms with Crippen LogP contribution in [0.4, 0.5) is 0 Å². The highest BCUT2D eigenvalue weighted by atomic mass is 16.5. The van der Waals surface area contributed by atoms with Crippen molar-refractivity contribution in [3.05, 3.63) is 0 Å². The molecule has 1 fully saturated rings. The van der Waals surface area contributed by atoms with Crippen molar-refractivity contribution in [3.8, 4) is 0 Å². The van der Waals surface area contributed by atoms with Crippen molar-refractivity contribution in [2.75, 3.05) is 19.8 Å². The van der Waals surface area contributed by atoms with Crippen molar-refractivity contribution in [1.82, 2.24) is 5.32 Å². The molecular formula is C13H23NO5. The Hall–Kier alpha value is -1.14. The van der Waals surface area contributed by atoms with E-state index in [1.165, 1.54) is 0 Å². The van der Waals surface area contributed by atoms with Crippen molar-refractivity contribution in [2.24, 2.45) is 0 Å². The molecule has 1 atom stereocenters. The fraction of sp³-hybridized carbons (Fsp3) is 0.846. The van der Waals surface area contributed by atoms with Crippen LogP contribution in [0, 0.1) is 0 Å². The van der Waals surface area contributed by atoms with E-state index in [2.05, 4.69) is 19.2 Å². The summed E-state index contributed by atoms with van der Waals surface area (Å²) in [7, 11) is 0. The maximum absolute atomic E-state index is 11.6. The highest BCUT2D eigenvalue weighted by molar-refractivity contribution is 5.78. The predicted octanol–water partition coefficient (Wildman–Crippen LogP) is 0.942. The number of carbonyl (C=O) groups excluding carboxylic acids is 1. The normalized spacial score (nSPS) is 21.9. The maximum atomic E-state index is 11.6. The third kappa shape index (κ3) is 5.16. The lowest BCUT2D eigenvalue weighted by molar-refractivity contribution is -0.144. The summed E-state index contributed by atoms with van der Waals surface area (Å²) in [5.74, 6) is -1.34. The molecule has 0 bridgehead atoms. The van der Waals surface area contributed by atoms with Crippen LogP contribution >= 0.6 is 0 Å². The number of hydrogen-bond donors (Lipinski definition) is 2. The van der Waals surface area contributed by atoms with Gasteiger partial charge in [-0.2, -0.15) is 0 Å². The Morgan fingerprint density at radius 3 is 2.63 bits per heavy atom. The fourth-order valence-corrected chi connectivity index (χ4v) is 2.39. The molecule has 0 aromatic rings. The van der Waals surface area contributed by atoms with Crippen LogP contribution in [0.2, 0.25) is 0 Å². The minimum Gasteiger partial charge on any atom is -0.480 e. The first-order valence-electron chi connectivity index (χ1n) is 6.74. The van der Waals surface area contributed by atoms with Crippen LogP contribution in [-0.4, -0.2) is 48.4 Å². The molecule has 1 aliphatic rings. The number of carboxylic acid groups (broad SMARTS) is 1. The largest absolute Gasteiger partial charge is 0.480 e. The smallest absolute Gasteiger partial charge is 0.329 e. The maximum Gasteiger partial charge on any atom is 0.329 e. The molecule has 2 N–H and O–H groups in total. The summed E-state index contributed by atoms with van der Waals surface area (Å²) in [4.78, 5) is 21.9. The van der Waals surface area contributed by atoms with E-state index in [0.29, 0.717) is 6.61 Å². The standard InChI is InChI=1S/C13H23NO5/c1-3-13(4-2)7-10(5-6-19-13)14-11(15)8-18-9-12(16)17/h10H,3-9H2,1-2H3,(H,14,15)(H,16,17). The van der Waals surface area contributed by atoms with E-state index < -0.39 is 12.6 Å². The zero-order valence-electron chi connectivity index (χ0n) is 11.6. The van der Waals surface area contributed by atoms with E-state index in [0.717, 1.165) is 25.7 Å². The van der Waals surface area contributed by atoms with Crippen molar-refractivity contribution < 1.29 is 24.2 Å². The summed E-state index contributed by atoms with van der Waals surface area (Å²) in [6, 6.07) is 0.0783. The Morgan fingerprint density at radius 1 is 1.37 bits per heavy atom. The average Bonchev–Trinajstić information content (AvgIpc) is 2.38. The van der Waals surface area contributed by atoms with Gasteiger partial charge in [-0.15, -0.1) is 0 Å². The molecule has 0 radical (unpaired) electrons. The molecule has 1 unspecified atom stereocenters. The average molecular weight is 273 g/mol. The van der Waals surface area contributed by atoms with Crippen LogP contribution in [0.3, 0.4) is 0 Å². The number of aliphatic carboxylic acids is 1. The Morgan fingerprint density at radius 2 is 2.05 bits per heavy atom. The van der Waals surface area contributed by atoms with Gasteiger partial charge in [0.15, 0.2) is 0 Å². The Kier molecular flexibility index (Phi) is 6.24. The molecule has 110 valence electrons. The van der Waals surface area contributed by atoms with E-state index in [4.69, 9.17) is 14.6 Å².